The van der Waals surface area contributed by atoms with Crippen molar-refractivity contribution in [3.8, 4) is 12.3 Å². The summed E-state index contributed by atoms with van der Waals surface area (Å²) in [6.45, 7) is -4.39. The van der Waals surface area contributed by atoms with Crippen LogP contribution in [0.25, 0.3) is 0 Å². The predicted octanol–water partition coefficient (Wildman–Crippen LogP) is -2.19. The summed E-state index contributed by atoms with van der Waals surface area (Å²) in [7, 11) is 0. The third-order valence-corrected chi connectivity index (χ3v) is 3.98. The molecule has 0 aromatic carbocycles. The molecule has 1 aliphatic heterocycles. The molecule has 12 heteroatoms. The summed E-state index contributed by atoms with van der Waals surface area (Å²) < 4.78 is 11.2. The molecule has 4 atom stereocenters. The quantitative estimate of drug-likeness (QED) is 0.289. The van der Waals surface area contributed by atoms with Crippen molar-refractivity contribution in [1.29, 1.82) is 0 Å². The van der Waals surface area contributed by atoms with Crippen LogP contribution in [0.1, 0.15) is 22.4 Å². The number of imidazole rings is 1. The van der Waals surface area contributed by atoms with Crippen LogP contribution in [0.2, 0.25) is 0 Å². The molecule has 1 aromatic rings. The fraction of sp³-hybridized carbons (Fsp3) is 0.455. The minimum Gasteiger partial charge on any atom is -0.387 e. The van der Waals surface area contributed by atoms with Crippen molar-refractivity contribution < 1.29 is 34.1 Å². The lowest BCUT2D eigenvalue weighted by atomic mass is 10.1. The molecule has 2 rings (SSSR count). The van der Waals surface area contributed by atoms with Crippen LogP contribution >= 0.6 is 6.72 Å². The first kappa shape index (κ1) is 18.0. The number of hydrogen-bond donors (Lipinski definition) is 5. The maximum absolute atomic E-state index is 11.2. The van der Waals surface area contributed by atoms with Gasteiger partial charge in [-0.1, -0.05) is 0 Å². The van der Waals surface area contributed by atoms with Gasteiger partial charge in [0.15, 0.2) is 11.9 Å². The standard InChI is InChI=1S/C11H14N3O7PS/c1-2-5-7(10(12)17)13-4-14(5)11-9(16)8(15)6(21-11)3-20-22(18,19)23/h1,4,6,8-9,11,15-16H,3H2,(H2,12,17)(H2,18,19,23)/t6-,8+,9?,11-/m1/s1. The van der Waals surface area contributed by atoms with E-state index in [1.54, 1.807) is 0 Å². The Bertz CT molecular complexity index is 696. The molecule has 0 saturated carbocycles. The number of nitrogens with two attached hydrogens (primary N) is 1. The molecule has 6 N–H and O–H groups in total. The third kappa shape index (κ3) is 3.77. The van der Waals surface area contributed by atoms with Crippen molar-refractivity contribution in [3.05, 3.63) is 17.7 Å². The van der Waals surface area contributed by atoms with Crippen LogP contribution in [0, 0.1) is 12.3 Å². The maximum atomic E-state index is 11.2. The Labute approximate surface area is 135 Å². The van der Waals surface area contributed by atoms with Crippen LogP contribution in [0.15, 0.2) is 6.33 Å². The predicted molar refractivity (Wildman–Crippen MR) is 79.3 cm³/mol. The summed E-state index contributed by atoms with van der Waals surface area (Å²) >= 11 is 4.29. The normalized spacial score (nSPS) is 27.8. The average Bonchev–Trinajstić information content (AvgIpc) is 2.99. The van der Waals surface area contributed by atoms with E-state index in [-0.39, 0.29) is 11.4 Å². The molecule has 1 amide bonds. The first-order valence-corrected chi connectivity index (χ1v) is 8.83. The van der Waals surface area contributed by atoms with E-state index < -0.39 is 43.8 Å². The Kier molecular flexibility index (Phi) is 5.20. The highest BCUT2D eigenvalue weighted by Gasteiger charge is 2.45. The SMILES string of the molecule is C#Cc1c(C(N)=O)ncn1[C@@H]1O[C@H](COP(O)(O)=S)[C@H](O)C1O. The zero-order valence-electron chi connectivity index (χ0n) is 11.5. The average molecular weight is 363 g/mol. The second-order valence-corrected chi connectivity index (χ2v) is 7.36. The molecule has 23 heavy (non-hydrogen) atoms. The Morgan fingerprint density at radius 2 is 2.22 bits per heavy atom. The second kappa shape index (κ2) is 6.64. The number of rotatable bonds is 5. The van der Waals surface area contributed by atoms with Gasteiger partial charge in [-0.25, -0.2) is 4.98 Å². The van der Waals surface area contributed by atoms with Crippen LogP contribution in [-0.2, 0) is 21.1 Å². The number of carbonyl (C=O) groups is 1. The van der Waals surface area contributed by atoms with Crippen LogP contribution in [-0.4, -0.2) is 60.4 Å². The maximum Gasteiger partial charge on any atom is 0.321 e. The molecule has 1 aliphatic rings. The Hall–Kier alpha value is -1.35. The number of amides is 1. The van der Waals surface area contributed by atoms with Gasteiger partial charge >= 0.3 is 6.72 Å². The molecule has 0 spiro atoms. The highest BCUT2D eigenvalue weighted by atomic mass is 32.5. The Balaban J connectivity index is 2.23. The fourth-order valence-electron chi connectivity index (χ4n) is 2.14. The minimum absolute atomic E-state index is 0.0234. The molecule has 10 nitrogen and oxygen atoms in total. The van der Waals surface area contributed by atoms with Crippen LogP contribution in [0.3, 0.4) is 0 Å². The van der Waals surface area contributed by atoms with E-state index in [1.807, 2.05) is 0 Å². The van der Waals surface area contributed by atoms with E-state index in [0.717, 1.165) is 6.33 Å². The lowest BCUT2D eigenvalue weighted by Crippen LogP contribution is -2.33. The second-order valence-electron chi connectivity index (χ2n) is 4.69. The molecule has 0 radical (unpaired) electrons. The third-order valence-electron chi connectivity index (χ3n) is 3.18. The van der Waals surface area contributed by atoms with Gasteiger partial charge in [-0.05, 0) is 17.7 Å². The Morgan fingerprint density at radius 1 is 1.57 bits per heavy atom. The van der Waals surface area contributed by atoms with Gasteiger partial charge in [-0.2, -0.15) is 0 Å². The van der Waals surface area contributed by atoms with Crippen molar-refractivity contribution in [2.75, 3.05) is 6.61 Å². The van der Waals surface area contributed by atoms with Crippen LogP contribution in [0.5, 0.6) is 0 Å². The van der Waals surface area contributed by atoms with E-state index in [2.05, 4.69) is 27.2 Å². The molecular formula is C11H14N3O7PS. The van der Waals surface area contributed by atoms with Crippen molar-refractivity contribution in [2.24, 2.45) is 5.73 Å². The zero-order valence-corrected chi connectivity index (χ0v) is 13.2. The fourth-order valence-corrected chi connectivity index (χ4v) is 2.67. The monoisotopic (exact) mass is 363 g/mol. The number of aliphatic hydroxyl groups excluding tert-OH is 2. The van der Waals surface area contributed by atoms with E-state index >= 15 is 0 Å². The smallest absolute Gasteiger partial charge is 0.321 e. The van der Waals surface area contributed by atoms with E-state index in [0.29, 0.717) is 0 Å². The summed E-state index contributed by atoms with van der Waals surface area (Å²) in [4.78, 5) is 33.1. The van der Waals surface area contributed by atoms with E-state index in [1.165, 1.54) is 4.57 Å². The number of nitrogens with zero attached hydrogens (tertiary/aromatic N) is 2. The highest BCUT2D eigenvalue weighted by Crippen LogP contribution is 2.39. The number of hydrogen-bond acceptors (Lipinski definition) is 7. The molecule has 1 aromatic heterocycles. The number of primary amides is 1. The number of aromatic nitrogens is 2. The van der Waals surface area contributed by atoms with Gasteiger partial charge in [0.25, 0.3) is 5.91 Å². The van der Waals surface area contributed by atoms with Gasteiger partial charge in [0.1, 0.15) is 24.0 Å². The molecule has 1 saturated heterocycles. The van der Waals surface area contributed by atoms with Crippen molar-refractivity contribution in [3.63, 3.8) is 0 Å². The lowest BCUT2D eigenvalue weighted by molar-refractivity contribution is -0.0507. The van der Waals surface area contributed by atoms with Gasteiger partial charge in [-0.3, -0.25) is 9.36 Å². The van der Waals surface area contributed by atoms with E-state index in [9.17, 15) is 15.0 Å². The molecule has 2 heterocycles. The molecule has 0 aliphatic carbocycles. The van der Waals surface area contributed by atoms with Crippen molar-refractivity contribution in [1.82, 2.24) is 9.55 Å². The first-order chi connectivity index (χ1) is 10.7. The van der Waals surface area contributed by atoms with Gasteiger partial charge in [0.2, 0.25) is 0 Å². The number of carbonyl (C=O) groups excluding carboxylic acids is 1. The van der Waals surface area contributed by atoms with Crippen molar-refractivity contribution >= 4 is 24.4 Å². The lowest BCUT2D eigenvalue weighted by Gasteiger charge is -2.17. The number of ether oxygens (including phenoxy) is 1. The van der Waals surface area contributed by atoms with E-state index in [4.69, 9.17) is 26.7 Å². The molecule has 1 unspecified atom stereocenters. The van der Waals surface area contributed by atoms with Crippen LogP contribution < -0.4 is 5.73 Å². The van der Waals surface area contributed by atoms with Gasteiger partial charge < -0.3 is 35.0 Å². The topological polar surface area (TPSA) is 160 Å². The largest absolute Gasteiger partial charge is 0.387 e. The Morgan fingerprint density at radius 3 is 2.74 bits per heavy atom. The summed E-state index contributed by atoms with van der Waals surface area (Å²) in [5.74, 6) is 1.36. The summed E-state index contributed by atoms with van der Waals surface area (Å²) in [6, 6.07) is 0. The summed E-state index contributed by atoms with van der Waals surface area (Å²) in [6.07, 6.45) is 1.35. The van der Waals surface area contributed by atoms with Gasteiger partial charge in [0, 0.05) is 0 Å². The minimum atomic E-state index is -3.93. The molecule has 1 fully saturated rings. The molecule has 126 valence electrons. The van der Waals surface area contributed by atoms with Crippen molar-refractivity contribution in [2.45, 2.75) is 24.5 Å². The van der Waals surface area contributed by atoms with Crippen LogP contribution in [0.4, 0.5) is 0 Å². The number of aliphatic hydroxyl groups is 2. The number of terminal acetylenes is 1. The zero-order chi connectivity index (χ0) is 17.4. The summed E-state index contributed by atoms with van der Waals surface area (Å²) in [5, 5.41) is 20.0. The molecule has 0 bridgehead atoms. The van der Waals surface area contributed by atoms with Gasteiger partial charge in [0.05, 0.1) is 12.9 Å². The summed E-state index contributed by atoms with van der Waals surface area (Å²) in [5.41, 5.74) is 4.94. The van der Waals surface area contributed by atoms with Gasteiger partial charge in [-0.15, -0.1) is 6.42 Å². The first-order valence-electron chi connectivity index (χ1n) is 6.20. The highest BCUT2D eigenvalue weighted by molar-refractivity contribution is 8.06. The molecular weight excluding hydrogens is 349 g/mol.